The SMILES string of the molecule is CCOc1ccccc1S(=O)(=O)NCc1ccnc(-c2ccco2)c1. The van der Waals surface area contributed by atoms with E-state index in [0.717, 1.165) is 5.56 Å². The van der Waals surface area contributed by atoms with Gasteiger partial charge in [-0.25, -0.2) is 13.1 Å². The number of nitrogens with one attached hydrogen (secondary N) is 1. The van der Waals surface area contributed by atoms with Crippen molar-refractivity contribution in [2.24, 2.45) is 0 Å². The third kappa shape index (κ3) is 4.07. The highest BCUT2D eigenvalue weighted by molar-refractivity contribution is 7.89. The Balaban J connectivity index is 1.78. The number of sulfonamides is 1. The summed E-state index contributed by atoms with van der Waals surface area (Å²) in [6.07, 6.45) is 3.19. The van der Waals surface area contributed by atoms with Crippen molar-refractivity contribution in [1.29, 1.82) is 0 Å². The molecular formula is C18H18N2O4S. The largest absolute Gasteiger partial charge is 0.492 e. The highest BCUT2D eigenvalue weighted by Gasteiger charge is 2.19. The van der Waals surface area contributed by atoms with Crippen molar-refractivity contribution in [3.63, 3.8) is 0 Å². The van der Waals surface area contributed by atoms with Gasteiger partial charge in [0.1, 0.15) is 16.3 Å². The van der Waals surface area contributed by atoms with Gasteiger partial charge in [0.25, 0.3) is 0 Å². The molecule has 1 aromatic carbocycles. The van der Waals surface area contributed by atoms with Gasteiger partial charge in [0, 0.05) is 12.7 Å². The smallest absolute Gasteiger partial charge is 0.244 e. The molecule has 0 amide bonds. The zero-order chi connectivity index (χ0) is 17.7. The Kier molecular flexibility index (Phi) is 5.16. The number of ether oxygens (including phenoxy) is 1. The Hall–Kier alpha value is -2.64. The molecule has 0 saturated carbocycles. The molecule has 25 heavy (non-hydrogen) atoms. The standard InChI is InChI=1S/C18H18N2O4S/c1-2-23-17-6-3-4-8-18(17)25(21,22)20-13-14-9-10-19-15(12-14)16-7-5-11-24-16/h3-12,20H,2,13H2,1H3. The maximum atomic E-state index is 12.6. The number of hydrogen-bond acceptors (Lipinski definition) is 5. The van der Waals surface area contributed by atoms with Crippen LogP contribution in [0.2, 0.25) is 0 Å². The fraction of sp³-hybridized carbons (Fsp3) is 0.167. The van der Waals surface area contributed by atoms with Crippen LogP contribution in [0.3, 0.4) is 0 Å². The predicted molar refractivity (Wildman–Crippen MR) is 93.6 cm³/mol. The van der Waals surface area contributed by atoms with Gasteiger partial charge in [-0.2, -0.15) is 0 Å². The first-order chi connectivity index (χ1) is 12.1. The minimum Gasteiger partial charge on any atom is -0.492 e. The van der Waals surface area contributed by atoms with Gasteiger partial charge in [-0.1, -0.05) is 12.1 Å². The van der Waals surface area contributed by atoms with E-state index in [1.165, 1.54) is 6.07 Å². The Morgan fingerprint density at radius 3 is 2.76 bits per heavy atom. The van der Waals surface area contributed by atoms with Crippen LogP contribution in [0.25, 0.3) is 11.5 Å². The molecule has 3 aromatic rings. The Morgan fingerprint density at radius 1 is 1.16 bits per heavy atom. The van der Waals surface area contributed by atoms with Crippen molar-refractivity contribution in [3.8, 4) is 17.2 Å². The topological polar surface area (TPSA) is 81.4 Å². The van der Waals surface area contributed by atoms with Crippen LogP contribution in [0.15, 0.2) is 70.3 Å². The first kappa shape index (κ1) is 17.2. The highest BCUT2D eigenvalue weighted by Crippen LogP contribution is 2.23. The monoisotopic (exact) mass is 358 g/mol. The molecule has 0 aliphatic rings. The number of hydrogen-bond donors (Lipinski definition) is 1. The molecule has 0 saturated heterocycles. The molecule has 0 unspecified atom stereocenters. The second-order valence-corrected chi connectivity index (χ2v) is 6.97. The molecule has 6 nitrogen and oxygen atoms in total. The lowest BCUT2D eigenvalue weighted by atomic mass is 10.2. The van der Waals surface area contributed by atoms with Crippen LogP contribution in [0, 0.1) is 0 Å². The Bertz CT molecular complexity index is 937. The lowest BCUT2D eigenvalue weighted by molar-refractivity contribution is 0.331. The summed E-state index contributed by atoms with van der Waals surface area (Å²) in [4.78, 5) is 4.35. The Morgan fingerprint density at radius 2 is 2.00 bits per heavy atom. The molecule has 7 heteroatoms. The normalized spacial score (nSPS) is 11.4. The quantitative estimate of drug-likeness (QED) is 0.701. The first-order valence-electron chi connectivity index (χ1n) is 7.80. The summed E-state index contributed by atoms with van der Waals surface area (Å²) in [5.74, 6) is 0.968. The average molecular weight is 358 g/mol. The van der Waals surface area contributed by atoms with E-state index in [1.807, 2.05) is 6.92 Å². The molecule has 0 bridgehead atoms. The first-order valence-corrected chi connectivity index (χ1v) is 9.29. The van der Waals surface area contributed by atoms with Crippen LogP contribution in [0.1, 0.15) is 12.5 Å². The molecule has 0 spiro atoms. The number of rotatable bonds is 7. The lowest BCUT2D eigenvalue weighted by Crippen LogP contribution is -2.24. The number of benzene rings is 1. The lowest BCUT2D eigenvalue weighted by Gasteiger charge is -2.12. The zero-order valence-corrected chi connectivity index (χ0v) is 14.5. The van der Waals surface area contributed by atoms with Crippen LogP contribution in [-0.4, -0.2) is 20.0 Å². The molecule has 2 aromatic heterocycles. The fourth-order valence-electron chi connectivity index (χ4n) is 2.35. The van der Waals surface area contributed by atoms with E-state index in [1.54, 1.807) is 54.9 Å². The van der Waals surface area contributed by atoms with Gasteiger partial charge in [-0.05, 0) is 48.9 Å². The number of pyridine rings is 1. The van der Waals surface area contributed by atoms with Gasteiger partial charge in [-0.3, -0.25) is 4.98 Å². The summed E-state index contributed by atoms with van der Waals surface area (Å²) in [6, 6.07) is 13.7. The summed E-state index contributed by atoms with van der Waals surface area (Å²) < 4.78 is 38.5. The van der Waals surface area contributed by atoms with Crippen molar-refractivity contribution >= 4 is 10.0 Å². The summed E-state index contributed by atoms with van der Waals surface area (Å²) in [6.45, 7) is 2.34. The summed E-state index contributed by atoms with van der Waals surface area (Å²) in [5, 5.41) is 0. The second-order valence-electron chi connectivity index (χ2n) is 5.23. The fourth-order valence-corrected chi connectivity index (χ4v) is 3.51. The maximum Gasteiger partial charge on any atom is 0.244 e. The van der Waals surface area contributed by atoms with E-state index in [2.05, 4.69) is 9.71 Å². The summed E-state index contributed by atoms with van der Waals surface area (Å²) in [5.41, 5.74) is 1.43. The zero-order valence-electron chi connectivity index (χ0n) is 13.7. The van der Waals surface area contributed by atoms with Crippen LogP contribution in [-0.2, 0) is 16.6 Å². The number of aromatic nitrogens is 1. The maximum absolute atomic E-state index is 12.6. The van der Waals surface area contributed by atoms with E-state index in [0.29, 0.717) is 23.8 Å². The van der Waals surface area contributed by atoms with Crippen molar-refractivity contribution in [3.05, 3.63) is 66.6 Å². The minimum absolute atomic E-state index is 0.122. The molecule has 3 rings (SSSR count). The van der Waals surface area contributed by atoms with Gasteiger partial charge in [0.15, 0.2) is 5.76 Å². The van der Waals surface area contributed by atoms with E-state index < -0.39 is 10.0 Å². The van der Waals surface area contributed by atoms with Crippen molar-refractivity contribution < 1.29 is 17.6 Å². The van der Waals surface area contributed by atoms with E-state index in [9.17, 15) is 8.42 Å². The second kappa shape index (κ2) is 7.50. The number of para-hydroxylation sites is 1. The molecule has 0 aliphatic carbocycles. The third-order valence-electron chi connectivity index (χ3n) is 3.50. The van der Waals surface area contributed by atoms with Gasteiger partial charge in [0.05, 0.1) is 12.9 Å². The van der Waals surface area contributed by atoms with Crippen LogP contribution < -0.4 is 9.46 Å². The Labute approximate surface area is 146 Å². The summed E-state index contributed by atoms with van der Waals surface area (Å²) >= 11 is 0. The molecule has 1 N–H and O–H groups in total. The summed E-state index contributed by atoms with van der Waals surface area (Å²) in [7, 11) is -3.70. The van der Waals surface area contributed by atoms with Gasteiger partial charge in [-0.15, -0.1) is 0 Å². The molecule has 2 heterocycles. The van der Waals surface area contributed by atoms with Crippen LogP contribution in [0.5, 0.6) is 5.75 Å². The van der Waals surface area contributed by atoms with Gasteiger partial charge >= 0.3 is 0 Å². The van der Waals surface area contributed by atoms with Crippen molar-refractivity contribution in [2.45, 2.75) is 18.4 Å². The van der Waals surface area contributed by atoms with E-state index >= 15 is 0 Å². The molecule has 0 aliphatic heterocycles. The van der Waals surface area contributed by atoms with Gasteiger partial charge in [0.2, 0.25) is 10.0 Å². The van der Waals surface area contributed by atoms with Crippen LogP contribution >= 0.6 is 0 Å². The van der Waals surface area contributed by atoms with E-state index in [-0.39, 0.29) is 11.4 Å². The van der Waals surface area contributed by atoms with Crippen molar-refractivity contribution in [2.75, 3.05) is 6.61 Å². The molecule has 0 atom stereocenters. The van der Waals surface area contributed by atoms with Crippen molar-refractivity contribution in [1.82, 2.24) is 9.71 Å². The van der Waals surface area contributed by atoms with E-state index in [4.69, 9.17) is 9.15 Å². The molecule has 130 valence electrons. The molecular weight excluding hydrogens is 340 g/mol. The average Bonchev–Trinajstić information content (AvgIpc) is 3.16. The molecule has 0 radical (unpaired) electrons. The number of furan rings is 1. The molecule has 0 fully saturated rings. The number of nitrogens with zero attached hydrogens (tertiary/aromatic N) is 1. The minimum atomic E-state index is -3.70. The third-order valence-corrected chi connectivity index (χ3v) is 4.94. The van der Waals surface area contributed by atoms with Gasteiger partial charge < -0.3 is 9.15 Å². The highest BCUT2D eigenvalue weighted by atomic mass is 32.2. The predicted octanol–water partition coefficient (Wildman–Crippen LogP) is 3.22. The van der Waals surface area contributed by atoms with Crippen LogP contribution in [0.4, 0.5) is 0 Å².